The molecule has 0 spiro atoms. The molecule has 2 aromatic carbocycles. The van der Waals surface area contributed by atoms with Crippen LogP contribution in [0.1, 0.15) is 66.4 Å². The zero-order valence-electron chi connectivity index (χ0n) is 28.1. The van der Waals surface area contributed by atoms with Gasteiger partial charge in [-0.1, -0.05) is 12.1 Å². The van der Waals surface area contributed by atoms with Crippen LogP contribution in [0.4, 0.5) is 42.0 Å². The Hall–Kier alpha value is -4.39. The van der Waals surface area contributed by atoms with E-state index >= 15 is 0 Å². The number of para-hydroxylation sites is 1. The van der Waals surface area contributed by atoms with Crippen molar-refractivity contribution in [3.63, 3.8) is 0 Å². The van der Waals surface area contributed by atoms with E-state index in [-0.39, 0.29) is 17.2 Å². The van der Waals surface area contributed by atoms with Crippen molar-refractivity contribution in [2.24, 2.45) is 23.7 Å². The van der Waals surface area contributed by atoms with Crippen molar-refractivity contribution in [1.29, 1.82) is 0 Å². The summed E-state index contributed by atoms with van der Waals surface area (Å²) in [5.41, 5.74) is 0.576. The molecule has 1 saturated heterocycles. The molecule has 4 aliphatic carbocycles. The average Bonchev–Trinajstić information content (AvgIpc) is 3.60. The van der Waals surface area contributed by atoms with E-state index in [0.717, 1.165) is 29.7 Å². The number of likely N-dealkylation sites (tertiary alicyclic amines) is 1. The Morgan fingerprint density at radius 1 is 1.00 bits per heavy atom. The Bertz CT molecular complexity index is 1630. The fourth-order valence-corrected chi connectivity index (χ4v) is 8.63. The molecular weight excluding hydrogens is 635 g/mol. The van der Waals surface area contributed by atoms with E-state index in [9.17, 15) is 22.8 Å². The van der Waals surface area contributed by atoms with Gasteiger partial charge in [-0.3, -0.25) is 14.5 Å². The fourth-order valence-electron chi connectivity index (χ4n) is 8.63. The maximum Gasteiger partial charge on any atom is 0.421 e. The number of benzene rings is 2. The summed E-state index contributed by atoms with van der Waals surface area (Å²) in [4.78, 5) is 33.6. The number of hydrogen-bond acceptors (Lipinski definition) is 8. The zero-order chi connectivity index (χ0) is 34.7. The highest BCUT2D eigenvalue weighted by molar-refractivity contribution is 6.00. The quantitative estimate of drug-likeness (QED) is 0.176. The van der Waals surface area contributed by atoms with Gasteiger partial charge in [-0.2, -0.15) is 18.2 Å². The standard InChI is InChI=1S/C22H21F3N6O3.C14H23N/c1-12-5-4-6-14(20(33)26-2)18(12)30-19-15(22(23,24)25)10-27-21(31-19)29-16-8-7-13(28-11-32)9-17(16)34-3;1-2-4-15(3-1)14-12-6-10-5-11(8-12)9-13(14)7-10/h4-11H,1-3H3,(H,26,33)(H,28,32)(H2,27,29,30,31);10-14H,1-9H2. The van der Waals surface area contributed by atoms with Crippen LogP contribution in [-0.4, -0.2) is 60.5 Å². The molecule has 1 aromatic heterocycles. The SMILES string of the molecule is C1CCN(C2C3CC4CC(C3)CC2C4)C1.CNC(=O)c1cccc(C)c1Nc1nc(Nc2ccc(NC=O)cc2OC)ncc1C(F)(F)F. The summed E-state index contributed by atoms with van der Waals surface area (Å²) in [5.74, 6) is 3.64. The van der Waals surface area contributed by atoms with Crippen LogP contribution in [0.5, 0.6) is 5.75 Å². The number of amides is 2. The number of methoxy groups -OCH3 is 1. The Morgan fingerprint density at radius 2 is 1.69 bits per heavy atom. The summed E-state index contributed by atoms with van der Waals surface area (Å²) in [6, 6.07) is 10.4. The Labute approximate surface area is 284 Å². The van der Waals surface area contributed by atoms with Crippen molar-refractivity contribution >= 4 is 41.1 Å². The molecule has 5 aliphatic rings. The molecule has 8 rings (SSSR count). The lowest BCUT2D eigenvalue weighted by Crippen LogP contribution is -2.55. The normalized spacial score (nSPS) is 24.1. The predicted molar refractivity (Wildman–Crippen MR) is 182 cm³/mol. The molecule has 4 bridgehead atoms. The smallest absolute Gasteiger partial charge is 0.421 e. The third-order valence-corrected chi connectivity index (χ3v) is 10.5. The first-order chi connectivity index (χ1) is 23.6. The van der Waals surface area contributed by atoms with Crippen molar-refractivity contribution < 1.29 is 27.5 Å². The summed E-state index contributed by atoms with van der Waals surface area (Å²) >= 11 is 0. The molecular formula is C36H44F3N7O3. The molecule has 0 atom stereocenters. The molecule has 3 aromatic rings. The van der Waals surface area contributed by atoms with E-state index in [4.69, 9.17) is 4.74 Å². The van der Waals surface area contributed by atoms with E-state index in [2.05, 4.69) is 36.1 Å². The minimum Gasteiger partial charge on any atom is -0.494 e. The number of halogens is 3. The molecule has 10 nitrogen and oxygen atoms in total. The Morgan fingerprint density at radius 3 is 2.31 bits per heavy atom. The number of hydrogen-bond donors (Lipinski definition) is 4. The molecule has 49 heavy (non-hydrogen) atoms. The number of carbonyl (C=O) groups excluding carboxylic acids is 2. The van der Waals surface area contributed by atoms with E-state index in [1.165, 1.54) is 52.2 Å². The zero-order valence-corrected chi connectivity index (χ0v) is 28.1. The molecule has 5 fully saturated rings. The molecule has 262 valence electrons. The third kappa shape index (κ3) is 7.61. The number of nitrogens with one attached hydrogen (secondary N) is 4. The number of ether oxygens (including phenoxy) is 1. The highest BCUT2D eigenvalue weighted by atomic mass is 19.4. The number of aryl methyl sites for hydroxylation is 1. The summed E-state index contributed by atoms with van der Waals surface area (Å²) in [7, 11) is 2.82. The van der Waals surface area contributed by atoms with Crippen molar-refractivity contribution in [3.8, 4) is 5.75 Å². The largest absolute Gasteiger partial charge is 0.494 e. The molecule has 13 heteroatoms. The first kappa shape index (κ1) is 34.5. The molecule has 0 unspecified atom stereocenters. The Kier molecular flexibility index (Phi) is 10.3. The number of nitrogens with zero attached hydrogens (tertiary/aromatic N) is 3. The predicted octanol–water partition coefficient (Wildman–Crippen LogP) is 7.13. The molecule has 2 amide bonds. The van der Waals surface area contributed by atoms with Crippen LogP contribution < -0.4 is 26.0 Å². The maximum absolute atomic E-state index is 13.7. The van der Waals surface area contributed by atoms with E-state index in [1.54, 1.807) is 63.3 Å². The second-order valence-corrected chi connectivity index (χ2v) is 13.6. The van der Waals surface area contributed by atoms with Crippen LogP contribution in [0.2, 0.25) is 0 Å². The molecule has 2 heterocycles. The van der Waals surface area contributed by atoms with Gasteiger partial charge in [0.1, 0.15) is 17.1 Å². The number of carbonyl (C=O) groups is 2. The minimum absolute atomic E-state index is 0.153. The first-order valence-corrected chi connectivity index (χ1v) is 17.0. The highest BCUT2D eigenvalue weighted by Gasteiger charge is 2.50. The molecule has 4 N–H and O–H groups in total. The van der Waals surface area contributed by atoms with Gasteiger partial charge < -0.3 is 26.0 Å². The number of anilines is 5. The monoisotopic (exact) mass is 679 g/mol. The first-order valence-electron chi connectivity index (χ1n) is 17.0. The van der Waals surface area contributed by atoms with Crippen LogP contribution in [0, 0.1) is 30.6 Å². The lowest BCUT2D eigenvalue weighted by atomic mass is 9.54. The second kappa shape index (κ2) is 14.6. The average molecular weight is 680 g/mol. The molecule has 0 radical (unpaired) electrons. The van der Waals surface area contributed by atoms with Crippen LogP contribution in [-0.2, 0) is 11.0 Å². The summed E-state index contributed by atoms with van der Waals surface area (Å²) in [5, 5.41) is 10.4. The van der Waals surface area contributed by atoms with Crippen LogP contribution in [0.25, 0.3) is 0 Å². The van der Waals surface area contributed by atoms with Crippen molar-refractivity contribution in [3.05, 3.63) is 59.3 Å². The summed E-state index contributed by atoms with van der Waals surface area (Å²) < 4.78 is 46.4. The van der Waals surface area contributed by atoms with Crippen molar-refractivity contribution in [2.75, 3.05) is 43.2 Å². The van der Waals surface area contributed by atoms with Crippen LogP contribution in [0.3, 0.4) is 0 Å². The van der Waals surface area contributed by atoms with Gasteiger partial charge in [-0.25, -0.2) is 4.98 Å². The van der Waals surface area contributed by atoms with E-state index < -0.39 is 23.5 Å². The van der Waals surface area contributed by atoms with Crippen molar-refractivity contribution in [1.82, 2.24) is 20.2 Å². The Balaban J connectivity index is 0.000000226. The van der Waals surface area contributed by atoms with Gasteiger partial charge in [0.2, 0.25) is 12.4 Å². The lowest BCUT2D eigenvalue weighted by molar-refractivity contribution is -0.137. The van der Waals surface area contributed by atoms with Gasteiger partial charge in [0.05, 0.1) is 24.0 Å². The van der Waals surface area contributed by atoms with E-state index in [0.29, 0.717) is 35.3 Å². The summed E-state index contributed by atoms with van der Waals surface area (Å²) in [6.07, 6.45) is 7.30. The molecule has 1 aliphatic heterocycles. The maximum atomic E-state index is 13.7. The second-order valence-electron chi connectivity index (χ2n) is 13.6. The fraction of sp³-hybridized carbons (Fsp3) is 0.500. The summed E-state index contributed by atoms with van der Waals surface area (Å²) in [6.45, 7) is 4.50. The van der Waals surface area contributed by atoms with Gasteiger partial charge in [0, 0.05) is 31.0 Å². The van der Waals surface area contributed by atoms with Gasteiger partial charge in [-0.15, -0.1) is 0 Å². The number of rotatable bonds is 9. The van der Waals surface area contributed by atoms with Gasteiger partial charge in [-0.05, 0) is 112 Å². The number of aromatic nitrogens is 2. The lowest BCUT2D eigenvalue weighted by Gasteiger charge is -2.56. The van der Waals surface area contributed by atoms with Crippen LogP contribution in [0.15, 0.2) is 42.6 Å². The molecule has 4 saturated carbocycles. The van der Waals surface area contributed by atoms with Gasteiger partial charge >= 0.3 is 6.18 Å². The van der Waals surface area contributed by atoms with Crippen LogP contribution >= 0.6 is 0 Å². The minimum atomic E-state index is -4.75. The highest BCUT2D eigenvalue weighted by Crippen LogP contribution is 2.55. The third-order valence-electron chi connectivity index (χ3n) is 10.5. The van der Waals surface area contributed by atoms with Crippen molar-refractivity contribution in [2.45, 2.75) is 64.1 Å². The topological polar surface area (TPSA) is 121 Å². The van der Waals surface area contributed by atoms with E-state index in [1.807, 2.05) is 0 Å². The van der Waals surface area contributed by atoms with Gasteiger partial charge in [0.15, 0.2) is 0 Å². The van der Waals surface area contributed by atoms with Gasteiger partial charge in [0.25, 0.3) is 5.91 Å². The number of alkyl halides is 3.